The van der Waals surface area contributed by atoms with E-state index in [1.807, 2.05) is 13.0 Å². The lowest BCUT2D eigenvalue weighted by Crippen LogP contribution is -2.10. The monoisotopic (exact) mass is 311 g/mol. The number of nitro groups is 1. The molecule has 20 heavy (non-hydrogen) atoms. The van der Waals surface area contributed by atoms with Crippen molar-refractivity contribution in [1.29, 1.82) is 0 Å². The van der Waals surface area contributed by atoms with Gasteiger partial charge in [-0.15, -0.1) is 11.3 Å². The van der Waals surface area contributed by atoms with Crippen LogP contribution >= 0.6 is 22.9 Å². The summed E-state index contributed by atoms with van der Waals surface area (Å²) in [6.45, 7) is 1.70. The number of hydrogen-bond acceptors (Lipinski definition) is 5. The number of rotatable bonds is 5. The molecule has 1 aromatic carbocycles. The first-order valence-corrected chi connectivity index (χ1v) is 6.83. The highest BCUT2D eigenvalue weighted by Gasteiger charge is 2.14. The second-order valence-corrected chi connectivity index (χ2v) is 5.69. The van der Waals surface area contributed by atoms with Gasteiger partial charge in [0.1, 0.15) is 5.75 Å². The first-order valence-electron chi connectivity index (χ1n) is 5.64. The first-order chi connectivity index (χ1) is 9.47. The summed E-state index contributed by atoms with van der Waals surface area (Å²) in [4.78, 5) is 23.6. The quantitative estimate of drug-likeness (QED) is 0.477. The van der Waals surface area contributed by atoms with Gasteiger partial charge >= 0.3 is 0 Å². The Labute approximate surface area is 123 Å². The molecule has 0 aliphatic heterocycles. The fourth-order valence-corrected chi connectivity index (χ4v) is 2.48. The zero-order valence-corrected chi connectivity index (χ0v) is 12.0. The molecule has 0 aliphatic carbocycles. The highest BCUT2D eigenvalue weighted by atomic mass is 35.5. The molecule has 0 aliphatic rings. The molecule has 0 atom stereocenters. The van der Waals surface area contributed by atoms with Crippen LogP contribution in [0, 0.1) is 17.0 Å². The number of Topliss-reactive ketones (excluding diaryl/α,β-unsaturated/α-hetero) is 1. The maximum absolute atomic E-state index is 11.9. The molecule has 7 heteroatoms. The van der Waals surface area contributed by atoms with Crippen molar-refractivity contribution in [2.45, 2.75) is 6.92 Å². The van der Waals surface area contributed by atoms with Gasteiger partial charge in [-0.05, 0) is 25.1 Å². The van der Waals surface area contributed by atoms with Crippen LogP contribution in [0.1, 0.15) is 14.5 Å². The zero-order valence-electron chi connectivity index (χ0n) is 10.5. The van der Waals surface area contributed by atoms with E-state index in [2.05, 4.69) is 0 Å². The van der Waals surface area contributed by atoms with E-state index >= 15 is 0 Å². The number of hydrogen-bond donors (Lipinski definition) is 0. The Morgan fingerprint density at radius 3 is 2.75 bits per heavy atom. The molecule has 2 rings (SSSR count). The van der Waals surface area contributed by atoms with Gasteiger partial charge < -0.3 is 4.74 Å². The SMILES string of the molecule is Cc1ccc(C(=O)COc2cc([N+](=O)[O-])ccc2Cl)s1. The number of thiophene rings is 1. The summed E-state index contributed by atoms with van der Waals surface area (Å²) in [7, 11) is 0. The third-order valence-corrected chi connectivity index (χ3v) is 3.85. The molecule has 2 aromatic rings. The molecule has 0 N–H and O–H groups in total. The second-order valence-electron chi connectivity index (χ2n) is 3.99. The van der Waals surface area contributed by atoms with Crippen LogP contribution in [0.4, 0.5) is 5.69 Å². The predicted molar refractivity (Wildman–Crippen MR) is 77.0 cm³/mol. The summed E-state index contributed by atoms with van der Waals surface area (Å²) in [6.07, 6.45) is 0. The molecule has 1 heterocycles. The van der Waals surface area contributed by atoms with Gasteiger partial charge in [-0.3, -0.25) is 14.9 Å². The molecule has 0 bridgehead atoms. The molecule has 0 amide bonds. The van der Waals surface area contributed by atoms with Gasteiger partial charge in [-0.25, -0.2) is 0 Å². The predicted octanol–water partition coefficient (Wildman–Crippen LogP) is 3.88. The number of nitrogens with zero attached hydrogens (tertiary/aromatic N) is 1. The summed E-state index contributed by atoms with van der Waals surface area (Å²) in [6, 6.07) is 7.42. The molecular formula is C13H10ClNO4S. The van der Waals surface area contributed by atoms with Gasteiger partial charge in [0.05, 0.1) is 20.9 Å². The van der Waals surface area contributed by atoms with Crippen LogP contribution in [0.3, 0.4) is 0 Å². The lowest BCUT2D eigenvalue weighted by atomic mass is 10.3. The number of non-ortho nitro benzene ring substituents is 1. The first kappa shape index (κ1) is 14.5. The molecule has 5 nitrogen and oxygen atoms in total. The number of halogens is 1. The van der Waals surface area contributed by atoms with Crippen LogP contribution in [0.25, 0.3) is 0 Å². The van der Waals surface area contributed by atoms with Crippen LogP contribution in [-0.2, 0) is 0 Å². The number of carbonyl (C=O) groups is 1. The summed E-state index contributed by atoms with van der Waals surface area (Å²) >= 11 is 7.25. The van der Waals surface area contributed by atoms with Crippen LogP contribution in [-0.4, -0.2) is 17.3 Å². The van der Waals surface area contributed by atoms with E-state index in [0.717, 1.165) is 4.88 Å². The van der Waals surface area contributed by atoms with Crippen molar-refractivity contribution in [1.82, 2.24) is 0 Å². The van der Waals surface area contributed by atoms with Crippen LogP contribution < -0.4 is 4.74 Å². The van der Waals surface area contributed by atoms with Gasteiger partial charge in [-0.1, -0.05) is 11.6 Å². The average Bonchev–Trinajstić information content (AvgIpc) is 2.84. The molecule has 1 aromatic heterocycles. The Balaban J connectivity index is 2.09. The van der Waals surface area contributed by atoms with Gasteiger partial charge in [0.15, 0.2) is 6.61 Å². The molecule has 0 radical (unpaired) electrons. The molecule has 0 saturated heterocycles. The van der Waals surface area contributed by atoms with Crippen molar-refractivity contribution in [3.63, 3.8) is 0 Å². The fourth-order valence-electron chi connectivity index (χ4n) is 1.52. The number of aryl methyl sites for hydroxylation is 1. The minimum absolute atomic E-state index is 0.127. The maximum atomic E-state index is 11.9. The third kappa shape index (κ3) is 3.34. The summed E-state index contributed by atoms with van der Waals surface area (Å²) in [5.41, 5.74) is -0.135. The van der Waals surface area contributed by atoms with Crippen molar-refractivity contribution in [2.24, 2.45) is 0 Å². The molecule has 0 spiro atoms. The van der Waals surface area contributed by atoms with Crippen LogP contribution in [0.15, 0.2) is 30.3 Å². The normalized spacial score (nSPS) is 10.3. The van der Waals surface area contributed by atoms with E-state index in [9.17, 15) is 14.9 Å². The van der Waals surface area contributed by atoms with E-state index in [-0.39, 0.29) is 28.8 Å². The minimum atomic E-state index is -0.548. The molecule has 0 fully saturated rings. The number of ether oxygens (including phenoxy) is 1. The van der Waals surface area contributed by atoms with Crippen molar-refractivity contribution < 1.29 is 14.5 Å². The summed E-state index contributed by atoms with van der Waals surface area (Å²) in [5.74, 6) is -0.0619. The minimum Gasteiger partial charge on any atom is -0.484 e. The van der Waals surface area contributed by atoms with Crippen LogP contribution in [0.5, 0.6) is 5.75 Å². The number of ketones is 1. The zero-order chi connectivity index (χ0) is 14.7. The highest BCUT2D eigenvalue weighted by molar-refractivity contribution is 7.14. The Morgan fingerprint density at radius 2 is 2.15 bits per heavy atom. The Morgan fingerprint density at radius 1 is 1.40 bits per heavy atom. The topological polar surface area (TPSA) is 69.4 Å². The molecule has 0 saturated carbocycles. The average molecular weight is 312 g/mol. The van der Waals surface area contributed by atoms with Crippen molar-refractivity contribution >= 4 is 34.4 Å². The molecule has 104 valence electrons. The fraction of sp³-hybridized carbons (Fsp3) is 0.154. The second kappa shape index (κ2) is 6.02. The van der Waals surface area contributed by atoms with Crippen LogP contribution in [0.2, 0.25) is 5.02 Å². The van der Waals surface area contributed by atoms with Gasteiger partial charge in [0.2, 0.25) is 5.78 Å². The van der Waals surface area contributed by atoms with Crippen molar-refractivity contribution in [3.8, 4) is 5.75 Å². The van der Waals surface area contributed by atoms with Gasteiger partial charge in [0.25, 0.3) is 5.69 Å². The third-order valence-electron chi connectivity index (χ3n) is 2.50. The smallest absolute Gasteiger partial charge is 0.273 e. The standard InChI is InChI=1S/C13H10ClNO4S/c1-8-2-5-13(20-8)11(16)7-19-12-6-9(15(17)18)3-4-10(12)14/h2-6H,7H2,1H3. The number of carbonyl (C=O) groups excluding carboxylic acids is 1. The summed E-state index contributed by atoms with van der Waals surface area (Å²) < 4.78 is 5.27. The van der Waals surface area contributed by atoms with Crippen molar-refractivity contribution in [2.75, 3.05) is 6.61 Å². The van der Waals surface area contributed by atoms with Gasteiger partial charge in [-0.2, -0.15) is 0 Å². The lowest BCUT2D eigenvalue weighted by Gasteiger charge is -2.06. The maximum Gasteiger partial charge on any atom is 0.273 e. The van der Waals surface area contributed by atoms with E-state index in [0.29, 0.717) is 4.88 Å². The highest BCUT2D eigenvalue weighted by Crippen LogP contribution is 2.29. The van der Waals surface area contributed by atoms with Gasteiger partial charge in [0, 0.05) is 10.9 Å². The van der Waals surface area contributed by atoms with E-state index in [4.69, 9.17) is 16.3 Å². The number of nitro benzene ring substituents is 1. The van der Waals surface area contributed by atoms with E-state index in [1.165, 1.54) is 29.5 Å². The lowest BCUT2D eigenvalue weighted by molar-refractivity contribution is -0.384. The Hall–Kier alpha value is -1.92. The molecule has 0 unspecified atom stereocenters. The van der Waals surface area contributed by atoms with Crippen molar-refractivity contribution in [3.05, 3.63) is 55.2 Å². The number of benzene rings is 1. The van der Waals surface area contributed by atoms with E-state index in [1.54, 1.807) is 6.07 Å². The Kier molecular flexibility index (Phi) is 4.36. The molecular weight excluding hydrogens is 302 g/mol. The summed E-state index contributed by atoms with van der Waals surface area (Å²) in [5, 5.41) is 10.9. The van der Waals surface area contributed by atoms with E-state index < -0.39 is 4.92 Å². The largest absolute Gasteiger partial charge is 0.484 e. The Bertz CT molecular complexity index is 668.